The maximum Gasteiger partial charge on any atom is 0.407 e. The zero-order valence-electron chi connectivity index (χ0n) is 18.3. The highest BCUT2D eigenvalue weighted by atomic mass is 35.5. The summed E-state index contributed by atoms with van der Waals surface area (Å²) >= 11 is 5.95. The Hall–Kier alpha value is -3.13. The number of halogens is 1. The fourth-order valence-electron chi connectivity index (χ4n) is 4.09. The molecular formula is C23H26ClN5O3. The van der Waals surface area contributed by atoms with E-state index in [4.69, 9.17) is 21.3 Å². The van der Waals surface area contributed by atoms with Gasteiger partial charge in [-0.3, -0.25) is 9.78 Å². The normalized spacial score (nSPS) is 17.0. The predicted octanol–water partition coefficient (Wildman–Crippen LogP) is 4.32. The molecule has 3 heterocycles. The van der Waals surface area contributed by atoms with Crippen LogP contribution in [0.2, 0.25) is 5.02 Å². The van der Waals surface area contributed by atoms with Crippen LogP contribution < -0.4 is 5.32 Å². The highest BCUT2D eigenvalue weighted by Gasteiger charge is 2.37. The summed E-state index contributed by atoms with van der Waals surface area (Å²) in [5, 5.41) is 3.26. The highest BCUT2D eigenvalue weighted by molar-refractivity contribution is 6.30. The van der Waals surface area contributed by atoms with Gasteiger partial charge in [-0.05, 0) is 43.0 Å². The lowest BCUT2D eigenvalue weighted by Crippen LogP contribution is -2.51. The second-order valence-electron chi connectivity index (χ2n) is 8.26. The number of nitrogens with one attached hydrogen (secondary N) is 2. The first-order valence-electron chi connectivity index (χ1n) is 10.6. The lowest BCUT2D eigenvalue weighted by molar-refractivity contribution is -0.135. The van der Waals surface area contributed by atoms with Crippen LogP contribution >= 0.6 is 11.6 Å². The summed E-state index contributed by atoms with van der Waals surface area (Å²) < 4.78 is 4.70. The van der Waals surface area contributed by atoms with Gasteiger partial charge in [0, 0.05) is 18.3 Å². The minimum absolute atomic E-state index is 0.0760. The van der Waals surface area contributed by atoms with Crippen molar-refractivity contribution in [2.75, 3.05) is 13.7 Å². The lowest BCUT2D eigenvalue weighted by Gasteiger charge is -2.29. The van der Waals surface area contributed by atoms with Crippen LogP contribution in [-0.4, -0.2) is 51.5 Å². The number of aromatic amines is 1. The summed E-state index contributed by atoms with van der Waals surface area (Å²) in [5.74, 6) is 0.542. The number of imidazole rings is 1. The Kier molecular flexibility index (Phi) is 6.32. The van der Waals surface area contributed by atoms with Gasteiger partial charge >= 0.3 is 6.09 Å². The van der Waals surface area contributed by atoms with Crippen LogP contribution in [0, 0.1) is 5.92 Å². The van der Waals surface area contributed by atoms with E-state index >= 15 is 0 Å². The van der Waals surface area contributed by atoms with Crippen LogP contribution in [-0.2, 0) is 9.53 Å². The standard InChI is InChI=1S/C23H26ClN5O3/c1-13(2)20(28-23(31)32-3)22(30)29-10-4-5-19(29)21-26-17-8-6-14(11-18(17)27-21)16-9-7-15(24)12-25-16/h6-9,11-13,19-20H,4-5,10H2,1-3H3,(H,26,27)(H,28,31). The molecule has 2 N–H and O–H groups in total. The Balaban J connectivity index is 1.60. The zero-order chi connectivity index (χ0) is 22.8. The molecule has 0 radical (unpaired) electrons. The molecule has 1 aliphatic heterocycles. The van der Waals surface area contributed by atoms with Crippen molar-refractivity contribution < 1.29 is 14.3 Å². The quantitative estimate of drug-likeness (QED) is 0.596. The fourth-order valence-corrected chi connectivity index (χ4v) is 4.20. The molecule has 9 heteroatoms. The average Bonchev–Trinajstić information content (AvgIpc) is 3.43. The van der Waals surface area contributed by atoms with Crippen molar-refractivity contribution in [2.24, 2.45) is 5.92 Å². The molecule has 1 aromatic carbocycles. The van der Waals surface area contributed by atoms with Gasteiger partial charge in [-0.1, -0.05) is 31.5 Å². The number of benzene rings is 1. The smallest absolute Gasteiger partial charge is 0.407 e. The van der Waals surface area contributed by atoms with Crippen LogP contribution in [0.1, 0.15) is 38.6 Å². The summed E-state index contributed by atoms with van der Waals surface area (Å²) in [4.78, 5) is 39.4. The molecule has 8 nitrogen and oxygen atoms in total. The van der Waals surface area contributed by atoms with Gasteiger partial charge in [-0.2, -0.15) is 0 Å². The molecule has 2 atom stereocenters. The van der Waals surface area contributed by atoms with Crippen LogP contribution in [0.15, 0.2) is 36.5 Å². The highest BCUT2D eigenvalue weighted by Crippen LogP contribution is 2.33. The number of carbonyl (C=O) groups is 2. The Labute approximate surface area is 191 Å². The molecule has 2 amide bonds. The third-order valence-corrected chi connectivity index (χ3v) is 5.99. The van der Waals surface area contributed by atoms with Gasteiger partial charge in [0.1, 0.15) is 11.9 Å². The van der Waals surface area contributed by atoms with Gasteiger partial charge in [-0.25, -0.2) is 9.78 Å². The Morgan fingerprint density at radius 3 is 2.78 bits per heavy atom. The fraction of sp³-hybridized carbons (Fsp3) is 0.391. The predicted molar refractivity (Wildman–Crippen MR) is 122 cm³/mol. The van der Waals surface area contributed by atoms with Gasteiger partial charge in [0.05, 0.1) is 34.9 Å². The van der Waals surface area contributed by atoms with E-state index in [0.29, 0.717) is 11.6 Å². The maximum absolute atomic E-state index is 13.3. The number of hydrogen-bond donors (Lipinski definition) is 2. The first kappa shape index (κ1) is 22.1. The summed E-state index contributed by atoms with van der Waals surface area (Å²) in [6.45, 7) is 4.42. The van der Waals surface area contributed by atoms with E-state index in [1.165, 1.54) is 7.11 Å². The maximum atomic E-state index is 13.3. The molecule has 4 rings (SSSR count). The first-order chi connectivity index (χ1) is 15.4. The van der Waals surface area contributed by atoms with Crippen molar-refractivity contribution in [3.63, 3.8) is 0 Å². The monoisotopic (exact) mass is 455 g/mol. The summed E-state index contributed by atoms with van der Waals surface area (Å²) in [7, 11) is 1.29. The number of H-pyrrole nitrogens is 1. The molecule has 1 aliphatic rings. The number of methoxy groups -OCH3 is 1. The van der Waals surface area contributed by atoms with E-state index in [-0.39, 0.29) is 17.9 Å². The van der Waals surface area contributed by atoms with Gasteiger partial charge < -0.3 is 19.9 Å². The summed E-state index contributed by atoms with van der Waals surface area (Å²) in [6, 6.07) is 8.76. The minimum atomic E-state index is -0.657. The lowest BCUT2D eigenvalue weighted by atomic mass is 10.0. The largest absolute Gasteiger partial charge is 0.453 e. The minimum Gasteiger partial charge on any atom is -0.453 e. The van der Waals surface area contributed by atoms with E-state index < -0.39 is 12.1 Å². The van der Waals surface area contributed by atoms with E-state index in [0.717, 1.165) is 41.0 Å². The number of likely N-dealkylation sites (tertiary alicyclic amines) is 1. The van der Waals surface area contributed by atoms with Crippen LogP contribution in [0.4, 0.5) is 4.79 Å². The molecule has 0 bridgehead atoms. The number of aromatic nitrogens is 3. The molecule has 0 spiro atoms. The van der Waals surface area contributed by atoms with Gasteiger partial charge in [0.15, 0.2) is 0 Å². The first-order valence-corrected chi connectivity index (χ1v) is 11.0. The zero-order valence-corrected chi connectivity index (χ0v) is 19.0. The average molecular weight is 456 g/mol. The van der Waals surface area contributed by atoms with E-state index in [2.05, 4.69) is 15.3 Å². The van der Waals surface area contributed by atoms with Crippen molar-refractivity contribution in [3.8, 4) is 11.3 Å². The van der Waals surface area contributed by atoms with Gasteiger partial charge in [0.25, 0.3) is 0 Å². The number of nitrogens with zero attached hydrogens (tertiary/aromatic N) is 3. The van der Waals surface area contributed by atoms with Crippen molar-refractivity contribution in [1.82, 2.24) is 25.2 Å². The van der Waals surface area contributed by atoms with Crippen molar-refractivity contribution in [2.45, 2.75) is 38.8 Å². The van der Waals surface area contributed by atoms with Crippen molar-refractivity contribution in [1.29, 1.82) is 0 Å². The molecule has 0 saturated carbocycles. The molecule has 2 unspecified atom stereocenters. The van der Waals surface area contributed by atoms with Crippen LogP contribution in [0.25, 0.3) is 22.3 Å². The number of amides is 2. The van der Waals surface area contributed by atoms with Crippen LogP contribution in [0.3, 0.4) is 0 Å². The number of ether oxygens (including phenoxy) is 1. The Morgan fingerprint density at radius 2 is 2.09 bits per heavy atom. The number of hydrogen-bond acceptors (Lipinski definition) is 5. The van der Waals surface area contributed by atoms with E-state index in [1.54, 1.807) is 11.1 Å². The SMILES string of the molecule is COC(=O)NC(C(=O)N1CCCC1c1nc2ccc(-c3ccc(Cl)cn3)cc2[nH]1)C(C)C. The molecular weight excluding hydrogens is 430 g/mol. The molecule has 3 aromatic rings. The number of pyridine rings is 1. The molecule has 1 fully saturated rings. The number of rotatable bonds is 5. The third kappa shape index (κ3) is 4.41. The summed E-state index contributed by atoms with van der Waals surface area (Å²) in [6.07, 6.45) is 2.69. The topological polar surface area (TPSA) is 100 Å². The molecule has 0 aliphatic carbocycles. The third-order valence-electron chi connectivity index (χ3n) is 5.77. The number of carbonyl (C=O) groups excluding carboxylic acids is 2. The summed E-state index contributed by atoms with van der Waals surface area (Å²) in [5.41, 5.74) is 3.47. The van der Waals surface area contributed by atoms with Crippen molar-refractivity contribution >= 4 is 34.6 Å². The molecule has 2 aromatic heterocycles. The number of alkyl carbamates (subject to hydrolysis) is 1. The van der Waals surface area contributed by atoms with E-state index in [1.807, 2.05) is 44.2 Å². The Morgan fingerprint density at radius 1 is 1.28 bits per heavy atom. The van der Waals surface area contributed by atoms with Gasteiger partial charge in [-0.15, -0.1) is 0 Å². The second kappa shape index (κ2) is 9.16. The van der Waals surface area contributed by atoms with Crippen molar-refractivity contribution in [3.05, 3.63) is 47.4 Å². The number of fused-ring (bicyclic) bond motifs is 1. The van der Waals surface area contributed by atoms with Crippen LogP contribution in [0.5, 0.6) is 0 Å². The molecule has 32 heavy (non-hydrogen) atoms. The Bertz CT molecular complexity index is 1130. The molecule has 1 saturated heterocycles. The second-order valence-corrected chi connectivity index (χ2v) is 8.70. The van der Waals surface area contributed by atoms with Gasteiger partial charge in [0.2, 0.25) is 5.91 Å². The molecule has 168 valence electrons. The van der Waals surface area contributed by atoms with E-state index in [9.17, 15) is 9.59 Å².